The molecule has 6 nitrogen and oxygen atoms in total. The molecule has 0 saturated carbocycles. The summed E-state index contributed by atoms with van der Waals surface area (Å²) in [6.45, 7) is 0.575. The monoisotopic (exact) mass is 425 g/mol. The lowest BCUT2D eigenvalue weighted by Crippen LogP contribution is -2.40. The highest BCUT2D eigenvalue weighted by atomic mass is 32.2. The van der Waals surface area contributed by atoms with Crippen LogP contribution < -0.4 is 9.62 Å². The van der Waals surface area contributed by atoms with Gasteiger partial charge in [0.05, 0.1) is 10.5 Å². The molecule has 0 aliphatic carbocycles. The molecule has 1 unspecified atom stereocenters. The number of nitrogens with one attached hydrogen (secondary N) is 1. The predicted octanol–water partition coefficient (Wildman–Crippen LogP) is 3.79. The lowest BCUT2D eigenvalue weighted by Gasteiger charge is -2.23. The molecular formula is C19H18F3N3O3S. The average Bonchev–Trinajstić information content (AvgIpc) is 3.32. The van der Waals surface area contributed by atoms with Crippen LogP contribution in [0.1, 0.15) is 18.4 Å². The number of fused-ring (bicyclic) bond motifs is 1. The molecule has 1 aliphatic heterocycles. The first-order chi connectivity index (χ1) is 13.8. The molecule has 154 valence electrons. The maximum Gasteiger partial charge on any atom is 0.417 e. The van der Waals surface area contributed by atoms with Crippen molar-refractivity contribution in [2.75, 3.05) is 18.0 Å². The number of aromatic nitrogens is 1. The maximum absolute atomic E-state index is 13.2. The third-order valence-corrected chi connectivity index (χ3v) is 6.38. The average molecular weight is 425 g/mol. The van der Waals surface area contributed by atoms with Gasteiger partial charge in [-0.1, -0.05) is 24.3 Å². The molecule has 1 N–H and O–H groups in total. The molecule has 10 heteroatoms. The van der Waals surface area contributed by atoms with Crippen LogP contribution in [0, 0.1) is 0 Å². The topological polar surface area (TPSA) is 75.4 Å². The van der Waals surface area contributed by atoms with Crippen LogP contribution in [0.15, 0.2) is 57.8 Å². The summed E-state index contributed by atoms with van der Waals surface area (Å²) in [5.41, 5.74) is 0.121. The van der Waals surface area contributed by atoms with Crippen molar-refractivity contribution in [2.45, 2.75) is 30.0 Å². The molecule has 2 heterocycles. The van der Waals surface area contributed by atoms with Crippen LogP contribution >= 0.6 is 0 Å². The fraction of sp³-hybridized carbons (Fsp3) is 0.316. The zero-order valence-electron chi connectivity index (χ0n) is 15.2. The third-order valence-electron chi connectivity index (χ3n) is 4.90. The van der Waals surface area contributed by atoms with Gasteiger partial charge < -0.3 is 9.32 Å². The highest BCUT2D eigenvalue weighted by molar-refractivity contribution is 7.89. The van der Waals surface area contributed by atoms with E-state index in [2.05, 4.69) is 9.71 Å². The first-order valence-electron chi connectivity index (χ1n) is 9.04. The summed E-state index contributed by atoms with van der Waals surface area (Å²) in [6.07, 6.45) is -3.30. The minimum atomic E-state index is -4.76. The van der Waals surface area contributed by atoms with Gasteiger partial charge >= 0.3 is 6.18 Å². The quantitative estimate of drug-likeness (QED) is 0.673. The Bertz CT molecular complexity index is 1100. The minimum Gasteiger partial charge on any atom is -0.423 e. The van der Waals surface area contributed by atoms with Crippen LogP contribution in [0.5, 0.6) is 0 Å². The van der Waals surface area contributed by atoms with Crippen molar-refractivity contribution < 1.29 is 26.0 Å². The summed E-state index contributed by atoms with van der Waals surface area (Å²) in [5.74, 6) is 0. The number of nitrogens with zero attached hydrogens (tertiary/aromatic N) is 2. The third kappa shape index (κ3) is 3.95. The predicted molar refractivity (Wildman–Crippen MR) is 101 cm³/mol. The van der Waals surface area contributed by atoms with Gasteiger partial charge in [0, 0.05) is 19.1 Å². The van der Waals surface area contributed by atoms with Gasteiger partial charge in [0.25, 0.3) is 6.01 Å². The number of hydrogen-bond donors (Lipinski definition) is 1. The standard InChI is InChI=1S/C19H18F3N3O3S/c20-19(21,22)14-7-1-4-10-17(14)29(26,27)23-12-13-6-5-11-25(13)18-24-15-8-2-3-9-16(15)28-18/h1-4,7-10,13,23H,5-6,11-12H2. The molecule has 4 rings (SSSR count). The zero-order chi connectivity index (χ0) is 20.6. The van der Waals surface area contributed by atoms with Gasteiger partial charge in [0.1, 0.15) is 5.52 Å². The van der Waals surface area contributed by atoms with Crippen molar-refractivity contribution in [1.82, 2.24) is 9.71 Å². The summed E-state index contributed by atoms with van der Waals surface area (Å²) >= 11 is 0. The fourth-order valence-electron chi connectivity index (χ4n) is 3.50. The Morgan fingerprint density at radius 3 is 2.62 bits per heavy atom. The van der Waals surface area contributed by atoms with Crippen molar-refractivity contribution in [3.8, 4) is 0 Å². The van der Waals surface area contributed by atoms with E-state index in [4.69, 9.17) is 4.42 Å². The number of rotatable bonds is 5. The summed E-state index contributed by atoms with van der Waals surface area (Å²) in [7, 11) is -4.34. The number of hydrogen-bond acceptors (Lipinski definition) is 5. The van der Waals surface area contributed by atoms with Crippen LogP contribution in [-0.4, -0.2) is 32.5 Å². The Kier molecular flexibility index (Phi) is 4.99. The molecule has 0 bridgehead atoms. The first kappa shape index (κ1) is 19.7. The second kappa shape index (κ2) is 7.34. The molecule has 0 spiro atoms. The first-order valence-corrected chi connectivity index (χ1v) is 10.5. The van der Waals surface area contributed by atoms with Crippen LogP contribution in [-0.2, 0) is 16.2 Å². The number of para-hydroxylation sites is 2. The highest BCUT2D eigenvalue weighted by Crippen LogP contribution is 2.34. The number of benzene rings is 2. The molecule has 1 aromatic heterocycles. The summed E-state index contributed by atoms with van der Waals surface area (Å²) in [6, 6.07) is 11.5. The second-order valence-corrected chi connectivity index (χ2v) is 8.53. The molecule has 1 saturated heterocycles. The van der Waals surface area contributed by atoms with Gasteiger partial charge in [-0.05, 0) is 37.1 Å². The number of sulfonamides is 1. The SMILES string of the molecule is O=S(=O)(NCC1CCCN1c1nc2ccccc2o1)c1ccccc1C(F)(F)F. The zero-order valence-corrected chi connectivity index (χ0v) is 16.0. The Morgan fingerprint density at radius 1 is 1.14 bits per heavy atom. The Labute approximate surface area is 165 Å². The van der Waals surface area contributed by atoms with Crippen molar-refractivity contribution in [3.63, 3.8) is 0 Å². The van der Waals surface area contributed by atoms with E-state index in [-0.39, 0.29) is 12.6 Å². The van der Waals surface area contributed by atoms with Crippen LogP contribution in [0.25, 0.3) is 11.1 Å². The Hall–Kier alpha value is -2.59. The van der Waals surface area contributed by atoms with E-state index >= 15 is 0 Å². The van der Waals surface area contributed by atoms with E-state index in [1.807, 2.05) is 23.1 Å². The minimum absolute atomic E-state index is 0.0484. The van der Waals surface area contributed by atoms with E-state index < -0.39 is 26.7 Å². The fourth-order valence-corrected chi connectivity index (χ4v) is 4.80. The van der Waals surface area contributed by atoms with Gasteiger partial charge in [0.2, 0.25) is 10.0 Å². The van der Waals surface area contributed by atoms with Crippen LogP contribution in [0.4, 0.5) is 19.2 Å². The number of halogens is 3. The molecule has 1 aliphatic rings. The molecule has 2 aromatic carbocycles. The van der Waals surface area contributed by atoms with Gasteiger partial charge in [-0.25, -0.2) is 13.1 Å². The molecular weight excluding hydrogens is 407 g/mol. The molecule has 29 heavy (non-hydrogen) atoms. The number of alkyl halides is 3. The van der Waals surface area contributed by atoms with Crippen molar-refractivity contribution in [1.29, 1.82) is 0 Å². The van der Waals surface area contributed by atoms with Crippen molar-refractivity contribution >= 4 is 27.1 Å². The van der Waals surface area contributed by atoms with E-state index in [1.54, 1.807) is 6.07 Å². The summed E-state index contributed by atoms with van der Waals surface area (Å²) < 4.78 is 72.8. The normalized spacial score (nSPS) is 17.9. The lowest BCUT2D eigenvalue weighted by atomic mass is 10.2. The molecule has 1 fully saturated rings. The number of anilines is 1. The molecule has 0 amide bonds. The van der Waals surface area contributed by atoms with Crippen molar-refractivity contribution in [3.05, 3.63) is 54.1 Å². The second-order valence-electron chi connectivity index (χ2n) is 6.80. The highest BCUT2D eigenvalue weighted by Gasteiger charge is 2.37. The van der Waals surface area contributed by atoms with Gasteiger partial charge in [-0.3, -0.25) is 0 Å². The lowest BCUT2D eigenvalue weighted by molar-refractivity contribution is -0.139. The van der Waals surface area contributed by atoms with Crippen LogP contribution in [0.3, 0.4) is 0 Å². The number of oxazole rings is 1. The van der Waals surface area contributed by atoms with Crippen molar-refractivity contribution in [2.24, 2.45) is 0 Å². The van der Waals surface area contributed by atoms with E-state index in [0.29, 0.717) is 30.1 Å². The largest absolute Gasteiger partial charge is 0.423 e. The molecule has 0 radical (unpaired) electrons. The Balaban J connectivity index is 1.54. The Morgan fingerprint density at radius 2 is 1.86 bits per heavy atom. The molecule has 1 atom stereocenters. The van der Waals surface area contributed by atoms with E-state index in [1.165, 1.54) is 6.07 Å². The van der Waals surface area contributed by atoms with E-state index in [9.17, 15) is 21.6 Å². The molecule has 3 aromatic rings. The summed E-state index contributed by atoms with van der Waals surface area (Å²) in [5, 5.41) is 0. The maximum atomic E-state index is 13.2. The summed E-state index contributed by atoms with van der Waals surface area (Å²) in [4.78, 5) is 5.49. The van der Waals surface area contributed by atoms with Gasteiger partial charge in [-0.15, -0.1) is 0 Å². The van der Waals surface area contributed by atoms with Gasteiger partial charge in [-0.2, -0.15) is 18.2 Å². The van der Waals surface area contributed by atoms with E-state index in [0.717, 1.165) is 24.6 Å². The smallest absolute Gasteiger partial charge is 0.417 e. The van der Waals surface area contributed by atoms with Gasteiger partial charge in [0.15, 0.2) is 5.58 Å². The van der Waals surface area contributed by atoms with Crippen LogP contribution in [0.2, 0.25) is 0 Å².